The number of benzene rings is 3. The van der Waals surface area contributed by atoms with Crippen molar-refractivity contribution in [2.45, 2.75) is 26.1 Å². The highest BCUT2D eigenvalue weighted by molar-refractivity contribution is 7.86. The topological polar surface area (TPSA) is 91.3 Å². The third-order valence-electron chi connectivity index (χ3n) is 6.00. The molecule has 3 rings (SSSR count). The van der Waals surface area contributed by atoms with E-state index in [1.165, 1.54) is 28.4 Å². The average molecular weight is 499 g/mol. The summed E-state index contributed by atoms with van der Waals surface area (Å²) < 4.78 is 37.2. The first-order chi connectivity index (χ1) is 16.9. The number of aliphatic hydroxyl groups excluding tert-OH is 1. The summed E-state index contributed by atoms with van der Waals surface area (Å²) in [4.78, 5) is 14.3. The first-order valence-electron chi connectivity index (χ1n) is 11.2. The molecule has 0 saturated carbocycles. The van der Waals surface area contributed by atoms with Crippen LogP contribution in [0.2, 0.25) is 0 Å². The van der Waals surface area contributed by atoms with Gasteiger partial charge in [0.1, 0.15) is 28.6 Å². The van der Waals surface area contributed by atoms with Gasteiger partial charge in [0.25, 0.3) is 0 Å². The molecule has 0 bridgehead atoms. The Morgan fingerprint density at radius 1 is 0.800 bits per heavy atom. The molecule has 7 nitrogen and oxygen atoms in total. The number of carbonyl (C=O) groups excluding carboxylic acids is 1. The lowest BCUT2D eigenvalue weighted by atomic mass is 10.1. The van der Waals surface area contributed by atoms with Crippen molar-refractivity contribution in [2.24, 2.45) is 0 Å². The molecule has 8 heteroatoms. The van der Waals surface area contributed by atoms with Crippen LogP contribution < -0.4 is 24.3 Å². The van der Waals surface area contributed by atoms with E-state index in [1.807, 2.05) is 13.0 Å². The van der Waals surface area contributed by atoms with Crippen LogP contribution in [0.15, 0.2) is 54.6 Å². The highest BCUT2D eigenvalue weighted by Gasteiger charge is 2.40. The normalized spacial score (nSPS) is 12.5. The molecule has 3 aromatic carbocycles. The van der Waals surface area contributed by atoms with E-state index >= 15 is 0 Å². The number of rotatable bonds is 11. The van der Waals surface area contributed by atoms with Crippen LogP contribution in [-0.2, 0) is 23.8 Å². The molecule has 3 aromatic rings. The minimum absolute atomic E-state index is 0.137. The summed E-state index contributed by atoms with van der Waals surface area (Å²) in [5.74, 6) is 1.36. The lowest BCUT2D eigenvalue weighted by molar-refractivity contribution is 0.106. The van der Waals surface area contributed by atoms with Gasteiger partial charge in [-0.15, -0.1) is 0 Å². The van der Waals surface area contributed by atoms with E-state index in [0.29, 0.717) is 40.1 Å². The molecular weight excluding hydrogens is 467 g/mol. The summed E-state index contributed by atoms with van der Waals surface area (Å²) in [5, 5.41) is 10.2. The monoisotopic (exact) mass is 498 g/mol. The Kier molecular flexibility index (Phi) is 8.60. The van der Waals surface area contributed by atoms with Crippen molar-refractivity contribution < 1.29 is 33.4 Å². The second-order valence-corrected chi connectivity index (χ2v) is 10.5. The number of hydrogen-bond donors (Lipinski definition) is 1. The predicted molar refractivity (Wildman–Crippen MR) is 136 cm³/mol. The summed E-state index contributed by atoms with van der Waals surface area (Å²) in [5.41, 5.74) is 1.28. The molecule has 35 heavy (non-hydrogen) atoms. The van der Waals surface area contributed by atoms with E-state index in [0.717, 1.165) is 5.56 Å². The lowest BCUT2D eigenvalue weighted by Gasteiger charge is -2.24. The second kappa shape index (κ2) is 11.4. The van der Waals surface area contributed by atoms with Crippen molar-refractivity contribution in [2.75, 3.05) is 28.4 Å². The fourth-order valence-electron chi connectivity index (χ4n) is 4.22. The molecule has 0 amide bonds. The van der Waals surface area contributed by atoms with Gasteiger partial charge in [0.15, 0.2) is 7.14 Å². The van der Waals surface area contributed by atoms with Gasteiger partial charge in [-0.1, -0.05) is 43.3 Å². The van der Waals surface area contributed by atoms with Gasteiger partial charge in [-0.05, 0) is 30.2 Å². The number of hydrogen-bond acceptors (Lipinski definition) is 7. The number of methoxy groups -OCH3 is 4. The molecule has 0 radical (unpaired) electrons. The van der Waals surface area contributed by atoms with Crippen LogP contribution in [0, 0.1) is 0 Å². The van der Waals surface area contributed by atoms with Gasteiger partial charge in [0, 0.05) is 22.6 Å². The van der Waals surface area contributed by atoms with Crippen LogP contribution in [0.3, 0.4) is 0 Å². The lowest BCUT2D eigenvalue weighted by Crippen LogP contribution is -2.18. The Hall–Kier alpha value is -3.28. The van der Waals surface area contributed by atoms with E-state index in [-0.39, 0.29) is 24.1 Å². The summed E-state index contributed by atoms with van der Waals surface area (Å²) in [6.07, 6.45) is 0.433. The zero-order chi connectivity index (χ0) is 25.6. The van der Waals surface area contributed by atoms with E-state index in [1.54, 1.807) is 48.5 Å². The van der Waals surface area contributed by atoms with Crippen molar-refractivity contribution in [1.82, 2.24) is 0 Å². The van der Waals surface area contributed by atoms with Crippen molar-refractivity contribution in [1.29, 1.82) is 0 Å². The van der Waals surface area contributed by atoms with Gasteiger partial charge >= 0.3 is 0 Å². The van der Waals surface area contributed by atoms with E-state index in [9.17, 15) is 14.5 Å². The minimum Gasteiger partial charge on any atom is -0.496 e. The second-order valence-electron chi connectivity index (χ2n) is 7.82. The zero-order valence-corrected chi connectivity index (χ0v) is 21.6. The highest BCUT2D eigenvalue weighted by atomic mass is 31.2. The van der Waals surface area contributed by atoms with Crippen LogP contribution >= 0.6 is 7.14 Å². The maximum absolute atomic E-state index is 14.9. The molecule has 0 aliphatic carbocycles. The van der Waals surface area contributed by atoms with Gasteiger partial charge in [0.2, 0.25) is 5.52 Å². The molecule has 1 unspecified atom stereocenters. The summed E-state index contributed by atoms with van der Waals surface area (Å²) in [6, 6.07) is 15.5. The molecule has 0 saturated heterocycles. The Balaban J connectivity index is 2.33. The molecule has 0 aliphatic rings. The first kappa shape index (κ1) is 26.3. The van der Waals surface area contributed by atoms with Crippen LogP contribution in [0.4, 0.5) is 0 Å². The van der Waals surface area contributed by atoms with Gasteiger partial charge < -0.3 is 28.6 Å². The maximum atomic E-state index is 14.9. The SMILES string of the molecule is CCc1ccc(OC)c(C(=O)P(=O)(Cc2c(OC)ccc(CO)c2OC)c2ccccc2)c1OC. The Morgan fingerprint density at radius 2 is 1.40 bits per heavy atom. The molecule has 1 N–H and O–H groups in total. The van der Waals surface area contributed by atoms with Gasteiger partial charge in [-0.3, -0.25) is 4.79 Å². The third kappa shape index (κ3) is 4.93. The molecule has 0 heterocycles. The molecule has 1 atom stereocenters. The summed E-state index contributed by atoms with van der Waals surface area (Å²) >= 11 is 0. The fourth-order valence-corrected chi connectivity index (χ4v) is 6.75. The van der Waals surface area contributed by atoms with Crippen molar-refractivity contribution in [3.63, 3.8) is 0 Å². The Morgan fingerprint density at radius 3 is 1.94 bits per heavy atom. The quantitative estimate of drug-likeness (QED) is 0.380. The smallest absolute Gasteiger partial charge is 0.233 e. The molecule has 0 aliphatic heterocycles. The van der Waals surface area contributed by atoms with Crippen LogP contribution in [0.5, 0.6) is 23.0 Å². The van der Waals surface area contributed by atoms with Gasteiger partial charge in [-0.2, -0.15) is 0 Å². The average Bonchev–Trinajstić information content (AvgIpc) is 2.91. The van der Waals surface area contributed by atoms with E-state index < -0.39 is 12.7 Å². The number of aliphatic hydroxyl groups is 1. The van der Waals surface area contributed by atoms with Crippen LogP contribution in [0.1, 0.15) is 34.0 Å². The summed E-state index contributed by atoms with van der Waals surface area (Å²) in [6.45, 7) is 1.66. The van der Waals surface area contributed by atoms with Crippen molar-refractivity contribution >= 4 is 18.0 Å². The molecule has 0 spiro atoms. The Bertz CT molecular complexity index is 1240. The van der Waals surface area contributed by atoms with Crippen LogP contribution in [0.25, 0.3) is 0 Å². The zero-order valence-electron chi connectivity index (χ0n) is 20.7. The van der Waals surface area contributed by atoms with Gasteiger partial charge in [0.05, 0.1) is 35.0 Å². The van der Waals surface area contributed by atoms with E-state index in [4.69, 9.17) is 18.9 Å². The maximum Gasteiger partial charge on any atom is 0.233 e. The number of ether oxygens (including phenoxy) is 4. The predicted octanol–water partition coefficient (Wildman–Crippen LogP) is 4.80. The summed E-state index contributed by atoms with van der Waals surface area (Å²) in [7, 11) is 2.02. The standard InChI is InChI=1S/C27H31O7P/c1-6-18-12-15-23(32-3)24(26(18)34-5)27(29)35(30,20-10-8-7-9-11-20)17-21-22(31-2)14-13-19(16-28)25(21)33-4/h7-15,28H,6,16-17H2,1-5H3. The minimum atomic E-state index is -3.87. The van der Waals surface area contributed by atoms with Crippen molar-refractivity contribution in [3.8, 4) is 23.0 Å². The molecule has 0 fully saturated rings. The largest absolute Gasteiger partial charge is 0.496 e. The van der Waals surface area contributed by atoms with Crippen LogP contribution in [-0.4, -0.2) is 39.1 Å². The third-order valence-corrected chi connectivity index (χ3v) is 8.77. The molecule has 186 valence electrons. The molecular formula is C27H31O7P. The number of aryl methyl sites for hydroxylation is 1. The first-order valence-corrected chi connectivity index (χ1v) is 13.1. The van der Waals surface area contributed by atoms with E-state index in [2.05, 4.69) is 0 Å². The number of carbonyl (C=O) groups is 1. The van der Waals surface area contributed by atoms with Gasteiger partial charge in [-0.25, -0.2) is 0 Å². The molecule has 0 aromatic heterocycles. The highest BCUT2D eigenvalue weighted by Crippen LogP contribution is 2.56. The fraction of sp³-hybridized carbons (Fsp3) is 0.296. The van der Waals surface area contributed by atoms with Crippen molar-refractivity contribution in [3.05, 3.63) is 76.9 Å². The Labute approximate surface area is 206 Å².